The van der Waals surface area contributed by atoms with Gasteiger partial charge in [-0.1, -0.05) is 48.5 Å². The predicted molar refractivity (Wildman–Crippen MR) is 135 cm³/mol. The lowest BCUT2D eigenvalue weighted by molar-refractivity contribution is 0.0940. The highest BCUT2D eigenvalue weighted by Crippen LogP contribution is 2.28. The quantitative estimate of drug-likeness (QED) is 0.511. The van der Waals surface area contributed by atoms with E-state index in [-0.39, 0.29) is 18.5 Å². The fraction of sp³-hybridized carbons (Fsp3) is 0.296. The number of carbonyl (C=O) groups excluding carboxylic acids is 1. The van der Waals surface area contributed by atoms with E-state index in [1.165, 1.54) is 21.7 Å². The first kappa shape index (κ1) is 24.5. The van der Waals surface area contributed by atoms with E-state index in [4.69, 9.17) is 0 Å². The van der Waals surface area contributed by atoms with Crippen molar-refractivity contribution in [2.75, 3.05) is 10.6 Å². The van der Waals surface area contributed by atoms with Crippen LogP contribution in [0.1, 0.15) is 56.7 Å². The van der Waals surface area contributed by atoms with Gasteiger partial charge >= 0.3 is 0 Å². The SMILES string of the molecule is Cc1ccc([C@@H](C)NC(=O)c2ccc(CN(c3c(C)cccc3C)S(C)(=O)=O)cc2)cc1C. The summed E-state index contributed by atoms with van der Waals surface area (Å²) in [6.45, 7) is 10.1. The second-order valence-corrected chi connectivity index (χ2v) is 10.7. The molecule has 0 saturated carbocycles. The fourth-order valence-electron chi connectivity index (χ4n) is 3.89. The number of hydrogen-bond donors (Lipinski definition) is 1. The largest absolute Gasteiger partial charge is 0.346 e. The Labute approximate surface area is 197 Å². The Kier molecular flexibility index (Phi) is 7.28. The second-order valence-electron chi connectivity index (χ2n) is 8.75. The highest BCUT2D eigenvalue weighted by molar-refractivity contribution is 7.92. The number of para-hydroxylation sites is 1. The Morgan fingerprint density at radius 2 is 1.48 bits per heavy atom. The lowest BCUT2D eigenvalue weighted by atomic mass is 10.0. The van der Waals surface area contributed by atoms with Crippen molar-refractivity contribution in [1.82, 2.24) is 5.32 Å². The van der Waals surface area contributed by atoms with Crippen molar-refractivity contribution in [2.24, 2.45) is 0 Å². The van der Waals surface area contributed by atoms with E-state index in [2.05, 4.69) is 31.3 Å². The summed E-state index contributed by atoms with van der Waals surface area (Å²) in [6.07, 6.45) is 1.22. The highest BCUT2D eigenvalue weighted by atomic mass is 32.2. The standard InChI is InChI=1S/C27H32N2O3S/c1-18-10-13-25(16-21(18)4)22(5)28-27(30)24-14-11-23(12-15-24)17-29(33(6,31)32)26-19(2)8-7-9-20(26)3/h7-16,22H,17H2,1-6H3,(H,28,30)/t22-/m1/s1. The maximum atomic E-state index is 12.8. The van der Waals surface area contributed by atoms with Crippen LogP contribution in [0.3, 0.4) is 0 Å². The summed E-state index contributed by atoms with van der Waals surface area (Å²) < 4.78 is 26.6. The molecule has 3 rings (SSSR count). The number of sulfonamides is 1. The molecule has 0 radical (unpaired) electrons. The Morgan fingerprint density at radius 1 is 0.879 bits per heavy atom. The van der Waals surface area contributed by atoms with E-state index in [0.717, 1.165) is 22.3 Å². The van der Waals surface area contributed by atoms with Gasteiger partial charge in [0.1, 0.15) is 0 Å². The number of nitrogens with one attached hydrogen (secondary N) is 1. The first-order valence-electron chi connectivity index (χ1n) is 11.0. The van der Waals surface area contributed by atoms with Crippen LogP contribution in [0.25, 0.3) is 0 Å². The topological polar surface area (TPSA) is 66.5 Å². The van der Waals surface area contributed by atoms with Crippen LogP contribution in [0, 0.1) is 27.7 Å². The molecule has 33 heavy (non-hydrogen) atoms. The molecule has 0 fully saturated rings. The third kappa shape index (κ3) is 5.82. The van der Waals surface area contributed by atoms with Crippen LogP contribution in [0.15, 0.2) is 60.7 Å². The zero-order chi connectivity index (χ0) is 24.3. The van der Waals surface area contributed by atoms with Crippen LogP contribution in [-0.4, -0.2) is 20.6 Å². The Morgan fingerprint density at radius 3 is 2.03 bits per heavy atom. The zero-order valence-corrected chi connectivity index (χ0v) is 21.0. The second kappa shape index (κ2) is 9.79. The van der Waals surface area contributed by atoms with Crippen LogP contribution in [0.2, 0.25) is 0 Å². The van der Waals surface area contributed by atoms with Gasteiger partial charge in [-0.3, -0.25) is 9.10 Å². The van der Waals surface area contributed by atoms with Crippen LogP contribution >= 0.6 is 0 Å². The summed E-state index contributed by atoms with van der Waals surface area (Å²) in [6, 6.07) is 18.9. The van der Waals surface area contributed by atoms with Crippen molar-refractivity contribution in [3.63, 3.8) is 0 Å². The molecule has 3 aromatic rings. The van der Waals surface area contributed by atoms with E-state index >= 15 is 0 Å². The molecule has 5 nitrogen and oxygen atoms in total. The molecule has 0 heterocycles. The fourth-order valence-corrected chi connectivity index (χ4v) is 4.89. The lowest BCUT2D eigenvalue weighted by Crippen LogP contribution is -2.30. The molecular weight excluding hydrogens is 432 g/mol. The molecule has 3 aromatic carbocycles. The smallest absolute Gasteiger partial charge is 0.251 e. The Balaban J connectivity index is 1.77. The van der Waals surface area contributed by atoms with E-state index in [1.807, 2.05) is 45.0 Å². The van der Waals surface area contributed by atoms with Crippen LogP contribution < -0.4 is 9.62 Å². The van der Waals surface area contributed by atoms with Crippen molar-refractivity contribution >= 4 is 21.6 Å². The predicted octanol–water partition coefficient (Wildman–Crippen LogP) is 5.38. The molecule has 0 unspecified atom stereocenters. The number of anilines is 1. The molecule has 1 amide bonds. The summed E-state index contributed by atoms with van der Waals surface area (Å²) in [5, 5.41) is 3.04. The lowest BCUT2D eigenvalue weighted by Gasteiger charge is -2.26. The summed E-state index contributed by atoms with van der Waals surface area (Å²) in [5.74, 6) is -0.165. The molecule has 0 aliphatic rings. The first-order chi connectivity index (χ1) is 15.5. The molecule has 0 saturated heterocycles. The minimum absolute atomic E-state index is 0.124. The van der Waals surface area contributed by atoms with Crippen molar-refractivity contribution in [3.05, 3.63) is 99.6 Å². The summed E-state index contributed by atoms with van der Waals surface area (Å²) in [7, 11) is -3.49. The monoisotopic (exact) mass is 464 g/mol. The minimum atomic E-state index is -3.49. The molecule has 0 aromatic heterocycles. The molecule has 0 spiro atoms. The van der Waals surface area contributed by atoms with Crippen molar-refractivity contribution < 1.29 is 13.2 Å². The third-order valence-electron chi connectivity index (χ3n) is 6.01. The number of nitrogens with zero attached hydrogens (tertiary/aromatic N) is 1. The summed E-state index contributed by atoms with van der Waals surface area (Å²) in [4.78, 5) is 12.8. The van der Waals surface area contributed by atoms with Gasteiger partial charge in [0.2, 0.25) is 10.0 Å². The first-order valence-corrected chi connectivity index (χ1v) is 12.8. The Bertz CT molecular complexity index is 1240. The van der Waals surface area contributed by atoms with Gasteiger partial charge in [0.05, 0.1) is 24.5 Å². The number of aryl methyl sites for hydroxylation is 4. The minimum Gasteiger partial charge on any atom is -0.346 e. The molecule has 0 aliphatic heterocycles. The van der Waals surface area contributed by atoms with Gasteiger partial charge in [-0.2, -0.15) is 0 Å². The maximum absolute atomic E-state index is 12.8. The zero-order valence-electron chi connectivity index (χ0n) is 20.1. The average molecular weight is 465 g/mol. The van der Waals surface area contributed by atoms with Crippen LogP contribution in [-0.2, 0) is 16.6 Å². The van der Waals surface area contributed by atoms with Crippen molar-refractivity contribution in [3.8, 4) is 0 Å². The molecule has 1 N–H and O–H groups in total. The number of rotatable bonds is 7. The van der Waals surface area contributed by atoms with Gasteiger partial charge in [-0.25, -0.2) is 8.42 Å². The van der Waals surface area contributed by atoms with Gasteiger partial charge in [0.25, 0.3) is 5.91 Å². The van der Waals surface area contributed by atoms with Crippen LogP contribution in [0.4, 0.5) is 5.69 Å². The molecular formula is C27H32N2O3S. The van der Waals surface area contributed by atoms with Crippen molar-refractivity contribution in [2.45, 2.75) is 47.2 Å². The summed E-state index contributed by atoms with van der Waals surface area (Å²) in [5.41, 5.74) is 7.31. The maximum Gasteiger partial charge on any atom is 0.251 e. The van der Waals surface area contributed by atoms with E-state index in [9.17, 15) is 13.2 Å². The van der Waals surface area contributed by atoms with Gasteiger partial charge in [0.15, 0.2) is 0 Å². The third-order valence-corrected chi connectivity index (χ3v) is 7.12. The number of carbonyl (C=O) groups is 1. The number of hydrogen-bond acceptors (Lipinski definition) is 3. The van der Waals surface area contributed by atoms with E-state index in [1.54, 1.807) is 24.3 Å². The normalized spacial score (nSPS) is 12.3. The highest BCUT2D eigenvalue weighted by Gasteiger charge is 2.21. The number of amides is 1. The van der Waals surface area contributed by atoms with Gasteiger partial charge in [-0.05, 0) is 80.1 Å². The molecule has 1 atom stereocenters. The summed E-state index contributed by atoms with van der Waals surface area (Å²) >= 11 is 0. The molecule has 174 valence electrons. The molecule has 6 heteroatoms. The molecule has 0 aliphatic carbocycles. The molecule has 0 bridgehead atoms. The van der Waals surface area contributed by atoms with Gasteiger partial charge in [0, 0.05) is 5.56 Å². The van der Waals surface area contributed by atoms with Gasteiger partial charge in [-0.15, -0.1) is 0 Å². The van der Waals surface area contributed by atoms with Crippen LogP contribution in [0.5, 0.6) is 0 Å². The van der Waals surface area contributed by atoms with E-state index < -0.39 is 10.0 Å². The van der Waals surface area contributed by atoms with Crippen molar-refractivity contribution in [1.29, 1.82) is 0 Å². The van der Waals surface area contributed by atoms with Gasteiger partial charge < -0.3 is 5.32 Å². The average Bonchev–Trinajstić information content (AvgIpc) is 2.74. The number of benzene rings is 3. The van der Waals surface area contributed by atoms with E-state index in [0.29, 0.717) is 11.3 Å². The Hall–Kier alpha value is -3.12.